The van der Waals surface area contributed by atoms with Crippen molar-refractivity contribution in [2.75, 3.05) is 32.8 Å². The number of rotatable bonds is 4. The summed E-state index contributed by atoms with van der Waals surface area (Å²) in [6.07, 6.45) is -0.360. The normalized spacial score (nSPS) is 16.7. The van der Waals surface area contributed by atoms with Crippen LogP contribution in [0.3, 0.4) is 0 Å². The van der Waals surface area contributed by atoms with Crippen LogP contribution in [0.15, 0.2) is 18.2 Å². The maximum absolute atomic E-state index is 12.9. The Kier molecular flexibility index (Phi) is 5.91. The molecule has 0 bridgehead atoms. The third kappa shape index (κ3) is 4.11. The van der Waals surface area contributed by atoms with E-state index in [1.807, 2.05) is 13.8 Å². The Morgan fingerprint density at radius 2 is 1.52 bits per heavy atom. The second-order valence-electron chi connectivity index (χ2n) is 8.08. The summed E-state index contributed by atoms with van der Waals surface area (Å²) < 4.78 is 5.23. The highest BCUT2D eigenvalue weighted by molar-refractivity contribution is 6.22. The van der Waals surface area contributed by atoms with E-state index in [0.29, 0.717) is 43.9 Å². The van der Waals surface area contributed by atoms with Crippen LogP contribution in [0.25, 0.3) is 0 Å². The summed E-state index contributed by atoms with van der Waals surface area (Å²) in [5.74, 6) is -0.644. The van der Waals surface area contributed by atoms with E-state index in [9.17, 15) is 19.2 Å². The van der Waals surface area contributed by atoms with Crippen molar-refractivity contribution in [3.05, 3.63) is 34.9 Å². The Bertz CT molecular complexity index is 841. The summed E-state index contributed by atoms with van der Waals surface area (Å²) in [6, 6.07) is 4.39. The van der Waals surface area contributed by atoms with Gasteiger partial charge in [-0.1, -0.05) is 13.8 Å². The number of piperazine rings is 1. The summed E-state index contributed by atoms with van der Waals surface area (Å²) in [7, 11) is 0. The van der Waals surface area contributed by atoms with Crippen molar-refractivity contribution in [2.24, 2.45) is 5.92 Å². The topological polar surface area (TPSA) is 87.2 Å². The number of ether oxygens (including phenoxy) is 1. The molecule has 2 heterocycles. The van der Waals surface area contributed by atoms with Crippen LogP contribution in [0.2, 0.25) is 0 Å². The van der Waals surface area contributed by atoms with Gasteiger partial charge in [-0.25, -0.2) is 4.79 Å². The Morgan fingerprint density at radius 1 is 0.931 bits per heavy atom. The predicted molar refractivity (Wildman–Crippen MR) is 106 cm³/mol. The fourth-order valence-electron chi connectivity index (χ4n) is 3.47. The molecule has 29 heavy (non-hydrogen) atoms. The van der Waals surface area contributed by atoms with Gasteiger partial charge in [-0.2, -0.15) is 0 Å². The molecule has 0 N–H and O–H groups in total. The second kappa shape index (κ2) is 8.23. The first kappa shape index (κ1) is 20.8. The van der Waals surface area contributed by atoms with Gasteiger partial charge in [0.05, 0.1) is 17.7 Å². The Labute approximate surface area is 170 Å². The molecule has 156 valence electrons. The molecule has 1 fully saturated rings. The Morgan fingerprint density at radius 3 is 2.10 bits per heavy atom. The molecular formula is C21H27N3O5. The van der Waals surface area contributed by atoms with Crippen molar-refractivity contribution in [1.82, 2.24) is 14.7 Å². The van der Waals surface area contributed by atoms with E-state index in [0.717, 1.165) is 0 Å². The van der Waals surface area contributed by atoms with Gasteiger partial charge in [0.1, 0.15) is 0 Å². The predicted octanol–water partition coefficient (Wildman–Crippen LogP) is 2.24. The van der Waals surface area contributed by atoms with Crippen LogP contribution in [0.1, 0.15) is 58.8 Å². The molecule has 2 aliphatic heterocycles. The zero-order valence-electron chi connectivity index (χ0n) is 17.3. The lowest BCUT2D eigenvalue weighted by Crippen LogP contribution is -2.50. The lowest BCUT2D eigenvalue weighted by Gasteiger charge is -2.34. The highest BCUT2D eigenvalue weighted by atomic mass is 16.6. The van der Waals surface area contributed by atoms with Gasteiger partial charge in [0.2, 0.25) is 0 Å². The first-order chi connectivity index (χ1) is 13.7. The molecule has 8 heteroatoms. The molecule has 0 radical (unpaired) electrons. The van der Waals surface area contributed by atoms with E-state index in [2.05, 4.69) is 0 Å². The van der Waals surface area contributed by atoms with E-state index >= 15 is 0 Å². The van der Waals surface area contributed by atoms with Gasteiger partial charge < -0.3 is 14.5 Å². The highest BCUT2D eigenvalue weighted by Gasteiger charge is 2.38. The van der Waals surface area contributed by atoms with Crippen molar-refractivity contribution in [1.29, 1.82) is 0 Å². The maximum Gasteiger partial charge on any atom is 0.409 e. The molecule has 3 rings (SSSR count). The number of nitrogens with zero attached hydrogens (tertiary/aromatic N) is 3. The first-order valence-corrected chi connectivity index (χ1v) is 9.93. The minimum Gasteiger partial charge on any atom is -0.449 e. The van der Waals surface area contributed by atoms with Crippen molar-refractivity contribution in [3.8, 4) is 0 Å². The fraction of sp³-hybridized carbons (Fsp3) is 0.524. The van der Waals surface area contributed by atoms with Gasteiger partial charge in [-0.05, 0) is 38.0 Å². The smallest absolute Gasteiger partial charge is 0.409 e. The van der Waals surface area contributed by atoms with Crippen molar-refractivity contribution in [3.63, 3.8) is 0 Å². The van der Waals surface area contributed by atoms with Crippen LogP contribution in [0.5, 0.6) is 0 Å². The van der Waals surface area contributed by atoms with Gasteiger partial charge in [0.25, 0.3) is 17.7 Å². The molecule has 0 spiro atoms. The highest BCUT2D eigenvalue weighted by Crippen LogP contribution is 2.26. The van der Waals surface area contributed by atoms with Gasteiger partial charge >= 0.3 is 6.09 Å². The standard InChI is InChI=1S/C21H27N3O5/c1-13(2)12-29-21(28)23-9-7-22(8-10-23)18(25)15-5-6-16-17(11-15)20(27)24(14(3)4)19(16)26/h5-6,11,13-14H,7-10,12H2,1-4H3. The maximum atomic E-state index is 12.9. The molecule has 4 amide bonds. The Balaban J connectivity index is 1.65. The first-order valence-electron chi connectivity index (χ1n) is 9.93. The molecule has 2 aliphatic rings. The zero-order chi connectivity index (χ0) is 21.3. The van der Waals surface area contributed by atoms with Crippen LogP contribution in [0.4, 0.5) is 4.79 Å². The van der Waals surface area contributed by atoms with Gasteiger partial charge in [-0.15, -0.1) is 0 Å². The fourth-order valence-corrected chi connectivity index (χ4v) is 3.47. The summed E-state index contributed by atoms with van der Waals surface area (Å²) >= 11 is 0. The summed E-state index contributed by atoms with van der Waals surface area (Å²) in [4.78, 5) is 54.3. The van der Waals surface area contributed by atoms with E-state index in [4.69, 9.17) is 4.74 Å². The monoisotopic (exact) mass is 401 g/mol. The number of fused-ring (bicyclic) bond motifs is 1. The molecule has 1 saturated heterocycles. The zero-order valence-corrected chi connectivity index (χ0v) is 17.3. The molecular weight excluding hydrogens is 374 g/mol. The summed E-state index contributed by atoms with van der Waals surface area (Å²) in [5.41, 5.74) is 0.967. The molecule has 0 saturated carbocycles. The molecule has 8 nitrogen and oxygen atoms in total. The quantitative estimate of drug-likeness (QED) is 0.722. The molecule has 0 atom stereocenters. The van der Waals surface area contributed by atoms with Crippen LogP contribution in [-0.2, 0) is 4.74 Å². The average molecular weight is 401 g/mol. The number of imide groups is 1. The van der Waals surface area contributed by atoms with E-state index in [1.54, 1.807) is 35.8 Å². The summed E-state index contributed by atoms with van der Waals surface area (Å²) in [5, 5.41) is 0. The summed E-state index contributed by atoms with van der Waals surface area (Å²) in [6.45, 7) is 9.43. The van der Waals surface area contributed by atoms with E-state index in [-0.39, 0.29) is 41.3 Å². The third-order valence-corrected chi connectivity index (χ3v) is 5.05. The molecule has 0 aromatic heterocycles. The van der Waals surface area contributed by atoms with Crippen LogP contribution in [0, 0.1) is 5.92 Å². The van der Waals surface area contributed by atoms with E-state index in [1.165, 1.54) is 11.0 Å². The van der Waals surface area contributed by atoms with Crippen LogP contribution in [-0.4, -0.2) is 77.3 Å². The minimum atomic E-state index is -0.368. The average Bonchev–Trinajstić information content (AvgIpc) is 2.95. The van der Waals surface area contributed by atoms with Crippen molar-refractivity contribution < 1.29 is 23.9 Å². The number of hydrogen-bond acceptors (Lipinski definition) is 5. The lowest BCUT2D eigenvalue weighted by molar-refractivity contribution is 0.0535. The number of carbonyl (C=O) groups is 4. The molecule has 0 aliphatic carbocycles. The number of amides is 4. The number of hydrogen-bond donors (Lipinski definition) is 0. The molecule has 1 aromatic carbocycles. The molecule has 1 aromatic rings. The number of benzene rings is 1. The minimum absolute atomic E-state index is 0.216. The second-order valence-corrected chi connectivity index (χ2v) is 8.08. The third-order valence-electron chi connectivity index (χ3n) is 5.05. The van der Waals surface area contributed by atoms with Crippen LogP contribution < -0.4 is 0 Å². The van der Waals surface area contributed by atoms with Crippen molar-refractivity contribution >= 4 is 23.8 Å². The van der Waals surface area contributed by atoms with Crippen LogP contribution >= 0.6 is 0 Å². The van der Waals surface area contributed by atoms with E-state index < -0.39 is 0 Å². The van der Waals surface area contributed by atoms with Gasteiger partial charge in [-0.3, -0.25) is 19.3 Å². The van der Waals surface area contributed by atoms with Gasteiger partial charge in [0.15, 0.2) is 0 Å². The Hall–Kier alpha value is -2.90. The lowest BCUT2D eigenvalue weighted by atomic mass is 10.0. The van der Waals surface area contributed by atoms with Gasteiger partial charge in [0, 0.05) is 37.8 Å². The van der Waals surface area contributed by atoms with Crippen molar-refractivity contribution in [2.45, 2.75) is 33.7 Å². The largest absolute Gasteiger partial charge is 0.449 e. The number of carbonyl (C=O) groups excluding carboxylic acids is 4. The SMILES string of the molecule is CC(C)COC(=O)N1CCN(C(=O)c2ccc3c(c2)C(=O)N(C(C)C)C3=O)CC1. The molecule has 0 unspecified atom stereocenters.